The highest BCUT2D eigenvalue weighted by molar-refractivity contribution is 7.11. The van der Waals surface area contributed by atoms with Crippen LogP contribution in [0.5, 0.6) is 0 Å². The fourth-order valence-electron chi connectivity index (χ4n) is 2.98. The summed E-state index contributed by atoms with van der Waals surface area (Å²) in [5.41, 5.74) is 0. The number of rotatable bonds is 7. The van der Waals surface area contributed by atoms with Gasteiger partial charge in [-0.25, -0.2) is 0 Å². The van der Waals surface area contributed by atoms with Crippen molar-refractivity contribution in [3.63, 3.8) is 0 Å². The Bertz CT molecular complexity index is 543. The van der Waals surface area contributed by atoms with Gasteiger partial charge in [0.05, 0.1) is 6.54 Å². The number of hydrogen-bond donors (Lipinski definition) is 0. The van der Waals surface area contributed by atoms with Crippen LogP contribution >= 0.6 is 11.3 Å². The third-order valence-corrected chi connectivity index (χ3v) is 5.30. The Kier molecular flexibility index (Phi) is 5.64. The molecule has 0 aromatic carbocycles. The standard InChI is InChI=1S/C17H26N4S/c1-19(12-13-21-11-5-8-18-21)14-16-6-7-17(22-16)15-20-9-3-2-4-10-20/h5-8,11H,2-4,9-10,12-15H2,1H3. The number of thiophene rings is 1. The van der Waals surface area contributed by atoms with E-state index in [9.17, 15) is 0 Å². The average molecular weight is 318 g/mol. The number of piperidine rings is 1. The molecule has 2 aromatic heterocycles. The molecule has 4 nitrogen and oxygen atoms in total. The maximum absolute atomic E-state index is 4.25. The molecule has 0 bridgehead atoms. The van der Waals surface area contributed by atoms with Crippen molar-refractivity contribution in [2.24, 2.45) is 0 Å². The largest absolute Gasteiger partial charge is 0.299 e. The Labute approximate surface area is 137 Å². The molecule has 0 aliphatic carbocycles. The molecular formula is C17H26N4S. The van der Waals surface area contributed by atoms with Gasteiger partial charge in [-0.1, -0.05) is 6.42 Å². The summed E-state index contributed by atoms with van der Waals surface area (Å²) >= 11 is 1.97. The third-order valence-electron chi connectivity index (χ3n) is 4.24. The smallest absolute Gasteiger partial charge is 0.0536 e. The van der Waals surface area contributed by atoms with Gasteiger partial charge in [-0.05, 0) is 51.2 Å². The summed E-state index contributed by atoms with van der Waals surface area (Å²) in [6.45, 7) is 6.71. The van der Waals surface area contributed by atoms with Crippen molar-refractivity contribution in [2.75, 3.05) is 26.7 Å². The zero-order valence-corrected chi connectivity index (χ0v) is 14.3. The molecule has 0 atom stereocenters. The molecule has 3 rings (SSSR count). The van der Waals surface area contributed by atoms with Crippen LogP contribution in [-0.2, 0) is 19.6 Å². The van der Waals surface area contributed by atoms with Gasteiger partial charge in [0.15, 0.2) is 0 Å². The van der Waals surface area contributed by atoms with Crippen molar-refractivity contribution < 1.29 is 0 Å². The molecule has 1 fully saturated rings. The normalized spacial score (nSPS) is 16.5. The van der Waals surface area contributed by atoms with Gasteiger partial charge in [-0.3, -0.25) is 14.5 Å². The van der Waals surface area contributed by atoms with Crippen LogP contribution < -0.4 is 0 Å². The molecule has 0 spiro atoms. The highest BCUT2D eigenvalue weighted by Crippen LogP contribution is 2.21. The van der Waals surface area contributed by atoms with Crippen LogP contribution in [0.3, 0.4) is 0 Å². The molecule has 1 saturated heterocycles. The second-order valence-corrected chi connectivity index (χ2v) is 7.46. The maximum Gasteiger partial charge on any atom is 0.0536 e. The van der Waals surface area contributed by atoms with Gasteiger partial charge in [0.1, 0.15) is 0 Å². The van der Waals surface area contributed by atoms with Gasteiger partial charge < -0.3 is 0 Å². The Morgan fingerprint density at radius 3 is 2.77 bits per heavy atom. The fraction of sp³-hybridized carbons (Fsp3) is 0.588. The van der Waals surface area contributed by atoms with E-state index in [1.165, 1.54) is 42.1 Å². The van der Waals surface area contributed by atoms with Crippen LogP contribution in [0.25, 0.3) is 0 Å². The van der Waals surface area contributed by atoms with Gasteiger partial charge in [0, 0.05) is 41.8 Å². The minimum Gasteiger partial charge on any atom is -0.299 e. The first kappa shape index (κ1) is 15.7. The number of likely N-dealkylation sites (tertiary alicyclic amines) is 1. The first-order chi connectivity index (χ1) is 10.8. The zero-order valence-electron chi connectivity index (χ0n) is 13.4. The lowest BCUT2D eigenvalue weighted by Gasteiger charge is -2.25. The molecule has 5 heteroatoms. The van der Waals surface area contributed by atoms with Crippen molar-refractivity contribution in [3.8, 4) is 0 Å². The highest BCUT2D eigenvalue weighted by Gasteiger charge is 2.12. The molecule has 1 aliphatic heterocycles. The first-order valence-corrected chi connectivity index (χ1v) is 9.07. The number of hydrogen-bond acceptors (Lipinski definition) is 4. The topological polar surface area (TPSA) is 24.3 Å². The third kappa shape index (κ3) is 4.66. The second-order valence-electron chi connectivity index (χ2n) is 6.21. The molecule has 0 saturated carbocycles. The van der Waals surface area contributed by atoms with Gasteiger partial charge >= 0.3 is 0 Å². The summed E-state index contributed by atoms with van der Waals surface area (Å²) in [4.78, 5) is 7.95. The maximum atomic E-state index is 4.25. The average Bonchev–Trinajstić information content (AvgIpc) is 3.18. The van der Waals surface area contributed by atoms with Crippen molar-refractivity contribution in [2.45, 2.75) is 38.9 Å². The fourth-order valence-corrected chi connectivity index (χ4v) is 4.12. The molecule has 120 valence electrons. The van der Waals surface area contributed by atoms with Crippen LogP contribution in [-0.4, -0.2) is 46.3 Å². The lowest BCUT2D eigenvalue weighted by molar-refractivity contribution is 0.222. The van der Waals surface area contributed by atoms with Crippen molar-refractivity contribution in [3.05, 3.63) is 40.3 Å². The van der Waals surface area contributed by atoms with Gasteiger partial charge in [0.2, 0.25) is 0 Å². The van der Waals surface area contributed by atoms with E-state index in [1.54, 1.807) is 0 Å². The predicted octanol–water partition coefficient (Wildman–Crippen LogP) is 3.06. The van der Waals surface area contributed by atoms with Crippen LogP contribution in [0, 0.1) is 0 Å². The molecule has 0 amide bonds. The van der Waals surface area contributed by atoms with E-state index >= 15 is 0 Å². The Balaban J connectivity index is 1.44. The highest BCUT2D eigenvalue weighted by atomic mass is 32.1. The van der Waals surface area contributed by atoms with E-state index in [-0.39, 0.29) is 0 Å². The molecule has 0 unspecified atom stereocenters. The van der Waals surface area contributed by atoms with Crippen molar-refractivity contribution in [1.82, 2.24) is 19.6 Å². The first-order valence-electron chi connectivity index (χ1n) is 8.25. The summed E-state index contributed by atoms with van der Waals surface area (Å²) in [5.74, 6) is 0. The van der Waals surface area contributed by atoms with Gasteiger partial charge in [0.25, 0.3) is 0 Å². The minimum atomic E-state index is 0.954. The summed E-state index contributed by atoms with van der Waals surface area (Å²) < 4.78 is 1.99. The number of aromatic nitrogens is 2. The van der Waals surface area contributed by atoms with Gasteiger partial charge in [-0.15, -0.1) is 11.3 Å². The van der Waals surface area contributed by atoms with E-state index < -0.39 is 0 Å². The molecule has 2 aromatic rings. The molecule has 3 heterocycles. The summed E-state index contributed by atoms with van der Waals surface area (Å²) in [7, 11) is 2.19. The SMILES string of the molecule is CN(CCn1cccn1)Cc1ccc(CN2CCCCC2)s1. The van der Waals surface area contributed by atoms with E-state index in [4.69, 9.17) is 0 Å². The second kappa shape index (κ2) is 7.90. The predicted molar refractivity (Wildman–Crippen MR) is 92.0 cm³/mol. The van der Waals surface area contributed by atoms with Crippen LogP contribution in [0.2, 0.25) is 0 Å². The van der Waals surface area contributed by atoms with Crippen molar-refractivity contribution in [1.29, 1.82) is 0 Å². The number of likely N-dealkylation sites (N-methyl/N-ethyl adjacent to an activating group) is 1. The van der Waals surface area contributed by atoms with Crippen LogP contribution in [0.4, 0.5) is 0 Å². The van der Waals surface area contributed by atoms with Crippen LogP contribution in [0.1, 0.15) is 29.0 Å². The lowest BCUT2D eigenvalue weighted by atomic mass is 10.1. The lowest BCUT2D eigenvalue weighted by Crippen LogP contribution is -2.28. The monoisotopic (exact) mass is 318 g/mol. The van der Waals surface area contributed by atoms with E-state index in [0.29, 0.717) is 0 Å². The molecule has 1 aliphatic rings. The summed E-state index contributed by atoms with van der Waals surface area (Å²) in [6.07, 6.45) is 8.01. The summed E-state index contributed by atoms with van der Waals surface area (Å²) in [5, 5.41) is 4.25. The van der Waals surface area contributed by atoms with E-state index in [1.807, 2.05) is 34.5 Å². The minimum absolute atomic E-state index is 0.954. The van der Waals surface area contributed by atoms with Crippen LogP contribution in [0.15, 0.2) is 30.6 Å². The Morgan fingerprint density at radius 1 is 1.18 bits per heavy atom. The number of nitrogens with zero attached hydrogens (tertiary/aromatic N) is 4. The van der Waals surface area contributed by atoms with E-state index in [0.717, 1.165) is 26.2 Å². The zero-order chi connectivity index (χ0) is 15.2. The van der Waals surface area contributed by atoms with E-state index in [2.05, 4.69) is 34.1 Å². The molecule has 0 N–H and O–H groups in total. The van der Waals surface area contributed by atoms with Crippen molar-refractivity contribution >= 4 is 11.3 Å². The van der Waals surface area contributed by atoms with Gasteiger partial charge in [-0.2, -0.15) is 5.10 Å². The molecule has 22 heavy (non-hydrogen) atoms. The Morgan fingerprint density at radius 2 is 2.00 bits per heavy atom. The quantitative estimate of drug-likeness (QED) is 0.784. The summed E-state index contributed by atoms with van der Waals surface area (Å²) in [6, 6.07) is 6.59. The molecular weight excluding hydrogens is 292 g/mol. The Hall–Kier alpha value is -1.17. The molecule has 0 radical (unpaired) electrons.